The highest BCUT2D eigenvalue weighted by atomic mass is 33.1. The summed E-state index contributed by atoms with van der Waals surface area (Å²) in [5.74, 6) is 1.07. The molecular weight excluding hydrogens is 299 g/mol. The molecule has 2 rings (SSSR count). The molecule has 1 aliphatic rings. The van der Waals surface area contributed by atoms with Crippen molar-refractivity contribution in [3.63, 3.8) is 0 Å². The fourth-order valence-corrected chi connectivity index (χ4v) is 4.28. The summed E-state index contributed by atoms with van der Waals surface area (Å²) >= 11 is 0. The van der Waals surface area contributed by atoms with E-state index in [1.165, 1.54) is 12.1 Å². The van der Waals surface area contributed by atoms with Crippen LogP contribution >= 0.6 is 21.6 Å². The van der Waals surface area contributed by atoms with E-state index in [1.807, 2.05) is 0 Å². The maximum absolute atomic E-state index is 13.1. The Balaban J connectivity index is 1.95. The minimum atomic E-state index is -0.394. The molecule has 0 aromatic heterocycles. The Hall–Kier alpha value is -1.21. The van der Waals surface area contributed by atoms with Crippen LogP contribution in [0.4, 0.5) is 4.39 Å². The number of nitrogens with one attached hydrogen (secondary N) is 1. The molecule has 1 heterocycles. The predicted octanol–water partition coefficient (Wildman–Crippen LogP) is 2.47. The first-order valence-electron chi connectivity index (χ1n) is 6.19. The summed E-state index contributed by atoms with van der Waals surface area (Å²) in [6, 6.07) is 6.00. The van der Waals surface area contributed by atoms with E-state index in [0.29, 0.717) is 5.56 Å². The summed E-state index contributed by atoms with van der Waals surface area (Å²) in [7, 11) is 3.51. The summed E-state index contributed by atoms with van der Waals surface area (Å²) in [6.07, 6.45) is 1.01. The van der Waals surface area contributed by atoms with Crippen LogP contribution in [0.1, 0.15) is 12.0 Å². The average molecular weight is 314 g/mol. The van der Waals surface area contributed by atoms with Gasteiger partial charge in [-0.15, -0.1) is 0 Å². The minimum Gasteiger partial charge on any atom is -0.410 e. The van der Waals surface area contributed by atoms with Gasteiger partial charge in [0.2, 0.25) is 0 Å². The number of carbonyl (C=O) groups is 1. The lowest BCUT2D eigenvalue weighted by molar-refractivity contribution is -0.115. The van der Waals surface area contributed by atoms with E-state index in [4.69, 9.17) is 5.21 Å². The van der Waals surface area contributed by atoms with Gasteiger partial charge in [0.1, 0.15) is 11.5 Å². The van der Waals surface area contributed by atoms with Crippen LogP contribution in [-0.2, 0) is 11.2 Å². The average Bonchev–Trinajstić information content (AvgIpc) is 2.46. The maximum Gasteiger partial charge on any atom is 0.269 e. The molecule has 20 heavy (non-hydrogen) atoms. The Bertz CT molecular complexity index is 505. The highest BCUT2D eigenvalue weighted by Crippen LogP contribution is 2.29. The van der Waals surface area contributed by atoms with Gasteiger partial charge < -0.3 is 10.5 Å². The molecule has 0 aliphatic carbocycles. The van der Waals surface area contributed by atoms with Crippen LogP contribution in [0.25, 0.3) is 0 Å². The Morgan fingerprint density at radius 1 is 1.50 bits per heavy atom. The Morgan fingerprint density at radius 3 is 3.00 bits per heavy atom. The van der Waals surface area contributed by atoms with Crippen LogP contribution < -0.4 is 5.32 Å². The first kappa shape index (κ1) is 15.2. The molecule has 1 aliphatic heterocycles. The molecule has 1 aromatic rings. The molecule has 1 saturated heterocycles. The molecule has 1 fully saturated rings. The number of nitrogens with zero attached hydrogens (tertiary/aromatic N) is 1. The second-order valence-corrected chi connectivity index (χ2v) is 7.05. The van der Waals surface area contributed by atoms with Gasteiger partial charge in [-0.05, 0) is 24.1 Å². The third-order valence-corrected chi connectivity index (χ3v) is 5.40. The van der Waals surface area contributed by atoms with Crippen LogP contribution in [0.2, 0.25) is 0 Å². The number of carbonyl (C=O) groups excluding carboxylic acids is 1. The standard InChI is InChI=1S/C13H15FN2O2S2/c14-10-3-1-2-9(6-10)7-12(16-18)13(17)15-11-4-5-19-20-8-11/h1-3,6,11,18H,4-5,7-8H2,(H,15,17)/b16-12+. The van der Waals surface area contributed by atoms with Gasteiger partial charge in [-0.1, -0.05) is 38.9 Å². The van der Waals surface area contributed by atoms with Crippen molar-refractivity contribution in [1.29, 1.82) is 0 Å². The first-order chi connectivity index (χ1) is 9.69. The number of oxime groups is 1. The molecule has 0 spiro atoms. The molecule has 4 nitrogen and oxygen atoms in total. The van der Waals surface area contributed by atoms with Crippen LogP contribution in [0, 0.1) is 5.82 Å². The lowest BCUT2D eigenvalue weighted by Gasteiger charge is -2.21. The lowest BCUT2D eigenvalue weighted by Crippen LogP contribution is -2.42. The van der Waals surface area contributed by atoms with Crippen molar-refractivity contribution in [2.45, 2.75) is 18.9 Å². The Labute approximate surface area is 124 Å². The zero-order chi connectivity index (χ0) is 14.4. The maximum atomic E-state index is 13.1. The molecule has 1 aromatic carbocycles. The lowest BCUT2D eigenvalue weighted by atomic mass is 10.1. The molecule has 0 bridgehead atoms. The van der Waals surface area contributed by atoms with E-state index in [-0.39, 0.29) is 24.0 Å². The summed E-state index contributed by atoms with van der Waals surface area (Å²) in [5.41, 5.74) is 0.598. The fraction of sp³-hybridized carbons (Fsp3) is 0.385. The predicted molar refractivity (Wildman–Crippen MR) is 80.8 cm³/mol. The van der Waals surface area contributed by atoms with Gasteiger partial charge in [0.15, 0.2) is 0 Å². The van der Waals surface area contributed by atoms with Crippen LogP contribution in [0.5, 0.6) is 0 Å². The molecule has 1 atom stereocenters. The van der Waals surface area contributed by atoms with E-state index < -0.39 is 5.91 Å². The first-order valence-corrected chi connectivity index (χ1v) is 8.68. The van der Waals surface area contributed by atoms with E-state index in [0.717, 1.165) is 17.9 Å². The SMILES string of the molecule is O=C(NC1CCSSC1)/C(Cc1cccc(F)c1)=N/O. The Morgan fingerprint density at radius 2 is 2.35 bits per heavy atom. The van der Waals surface area contributed by atoms with Crippen LogP contribution in [0.3, 0.4) is 0 Å². The van der Waals surface area contributed by atoms with Crippen molar-refractivity contribution >= 4 is 33.2 Å². The second kappa shape index (κ2) is 7.54. The van der Waals surface area contributed by atoms with Gasteiger partial charge in [0, 0.05) is 24.0 Å². The molecule has 2 N–H and O–H groups in total. The van der Waals surface area contributed by atoms with Gasteiger partial charge in [-0.2, -0.15) is 0 Å². The number of hydrogen-bond acceptors (Lipinski definition) is 5. The zero-order valence-corrected chi connectivity index (χ0v) is 12.3. The molecule has 1 unspecified atom stereocenters. The smallest absolute Gasteiger partial charge is 0.269 e. The Kier molecular flexibility index (Phi) is 5.72. The summed E-state index contributed by atoms with van der Waals surface area (Å²) in [6.45, 7) is 0. The minimum absolute atomic E-state index is 0.00109. The second-order valence-electron chi connectivity index (χ2n) is 4.42. The molecular formula is C13H15FN2O2S2. The third-order valence-electron chi connectivity index (χ3n) is 2.88. The van der Waals surface area contributed by atoms with E-state index in [9.17, 15) is 9.18 Å². The number of rotatable bonds is 4. The van der Waals surface area contributed by atoms with Gasteiger partial charge in [0.05, 0.1) is 0 Å². The number of amides is 1. The van der Waals surface area contributed by atoms with Gasteiger partial charge in [-0.3, -0.25) is 4.79 Å². The monoisotopic (exact) mass is 314 g/mol. The molecule has 0 radical (unpaired) electrons. The fourth-order valence-electron chi connectivity index (χ4n) is 1.85. The zero-order valence-electron chi connectivity index (χ0n) is 10.7. The van der Waals surface area contributed by atoms with Crippen molar-refractivity contribution in [2.24, 2.45) is 5.16 Å². The highest BCUT2D eigenvalue weighted by molar-refractivity contribution is 8.76. The molecule has 1 amide bonds. The van der Waals surface area contributed by atoms with Crippen molar-refractivity contribution in [1.82, 2.24) is 5.32 Å². The summed E-state index contributed by atoms with van der Waals surface area (Å²) < 4.78 is 13.1. The summed E-state index contributed by atoms with van der Waals surface area (Å²) in [4.78, 5) is 12.0. The van der Waals surface area contributed by atoms with E-state index in [1.54, 1.807) is 33.7 Å². The quantitative estimate of drug-likeness (QED) is 0.388. The van der Waals surface area contributed by atoms with Gasteiger partial charge >= 0.3 is 0 Å². The number of halogens is 1. The normalized spacial score (nSPS) is 19.6. The third kappa shape index (κ3) is 4.42. The molecule has 7 heteroatoms. The number of benzene rings is 1. The highest BCUT2D eigenvalue weighted by Gasteiger charge is 2.20. The van der Waals surface area contributed by atoms with Crippen LogP contribution in [-0.4, -0.2) is 34.4 Å². The molecule has 108 valence electrons. The number of hydrogen-bond donors (Lipinski definition) is 2. The van der Waals surface area contributed by atoms with Crippen molar-refractivity contribution in [2.75, 3.05) is 11.5 Å². The van der Waals surface area contributed by atoms with E-state index >= 15 is 0 Å². The van der Waals surface area contributed by atoms with Gasteiger partial charge in [0.25, 0.3) is 5.91 Å². The van der Waals surface area contributed by atoms with Crippen molar-refractivity contribution in [3.8, 4) is 0 Å². The summed E-state index contributed by atoms with van der Waals surface area (Å²) in [5, 5.41) is 14.9. The molecule has 0 saturated carbocycles. The largest absolute Gasteiger partial charge is 0.410 e. The van der Waals surface area contributed by atoms with Crippen molar-refractivity contribution < 1.29 is 14.4 Å². The topological polar surface area (TPSA) is 61.7 Å². The van der Waals surface area contributed by atoms with Gasteiger partial charge in [-0.25, -0.2) is 4.39 Å². The van der Waals surface area contributed by atoms with Crippen LogP contribution in [0.15, 0.2) is 29.4 Å². The van der Waals surface area contributed by atoms with Crippen molar-refractivity contribution in [3.05, 3.63) is 35.6 Å². The van der Waals surface area contributed by atoms with E-state index in [2.05, 4.69) is 10.5 Å².